The van der Waals surface area contributed by atoms with Crippen LogP contribution in [0, 0.1) is 5.41 Å². The Balaban J connectivity index is 0.00000256. The van der Waals surface area contributed by atoms with Crippen LogP contribution < -0.4 is 10.6 Å². The van der Waals surface area contributed by atoms with Crippen molar-refractivity contribution in [3.05, 3.63) is 0 Å². The summed E-state index contributed by atoms with van der Waals surface area (Å²) in [6.07, 6.45) is 0.441. The van der Waals surface area contributed by atoms with Crippen molar-refractivity contribution in [2.75, 3.05) is 13.1 Å². The van der Waals surface area contributed by atoms with Crippen molar-refractivity contribution in [3.63, 3.8) is 0 Å². The molecule has 0 aliphatic carbocycles. The number of alkyl halides is 2. The molecule has 1 amide bonds. The maximum atomic E-state index is 12.8. The average molecular weight is 271 g/mol. The molecule has 0 radical (unpaired) electrons. The van der Waals surface area contributed by atoms with Gasteiger partial charge in [-0.2, -0.15) is 0 Å². The Hall–Kier alpha value is -0.420. The Morgan fingerprint density at radius 1 is 1.47 bits per heavy atom. The number of nitrogens with one attached hydrogen (secondary N) is 2. The smallest absolute Gasteiger partial charge is 0.262 e. The van der Waals surface area contributed by atoms with Crippen LogP contribution in [0.2, 0.25) is 0 Å². The zero-order valence-electron chi connectivity index (χ0n) is 10.5. The van der Waals surface area contributed by atoms with E-state index in [0.29, 0.717) is 6.54 Å². The van der Waals surface area contributed by atoms with Crippen LogP contribution in [0.4, 0.5) is 8.78 Å². The second-order valence-electron chi connectivity index (χ2n) is 5.60. The van der Waals surface area contributed by atoms with Gasteiger partial charge in [-0.1, -0.05) is 20.8 Å². The molecule has 102 valence electrons. The third-order valence-corrected chi connectivity index (χ3v) is 2.60. The maximum absolute atomic E-state index is 12.8. The van der Waals surface area contributed by atoms with E-state index >= 15 is 0 Å². The SMILES string of the molecule is CC(C)(C)CCNC(=O)C1CC(F)(F)CN1.Cl. The molecule has 1 aliphatic rings. The summed E-state index contributed by atoms with van der Waals surface area (Å²) in [5.41, 5.74) is 0.139. The van der Waals surface area contributed by atoms with Gasteiger partial charge in [-0.25, -0.2) is 8.78 Å². The predicted molar refractivity (Wildman–Crippen MR) is 65.7 cm³/mol. The van der Waals surface area contributed by atoms with Gasteiger partial charge in [0.1, 0.15) is 0 Å². The van der Waals surface area contributed by atoms with Crippen LogP contribution in [0.25, 0.3) is 0 Å². The summed E-state index contributed by atoms with van der Waals surface area (Å²) in [5.74, 6) is -3.06. The van der Waals surface area contributed by atoms with Gasteiger partial charge in [0.15, 0.2) is 0 Å². The van der Waals surface area contributed by atoms with Crippen molar-refractivity contribution in [1.82, 2.24) is 10.6 Å². The molecule has 1 saturated heterocycles. The molecule has 3 nitrogen and oxygen atoms in total. The summed E-state index contributed by atoms with van der Waals surface area (Å²) < 4.78 is 25.6. The van der Waals surface area contributed by atoms with Gasteiger partial charge in [0.05, 0.1) is 12.6 Å². The molecular weight excluding hydrogens is 250 g/mol. The molecule has 0 aromatic rings. The molecule has 17 heavy (non-hydrogen) atoms. The Morgan fingerprint density at radius 2 is 2.06 bits per heavy atom. The summed E-state index contributed by atoms with van der Waals surface area (Å²) in [5, 5.41) is 5.22. The topological polar surface area (TPSA) is 41.1 Å². The first kappa shape index (κ1) is 16.6. The molecule has 0 aromatic carbocycles. The van der Waals surface area contributed by atoms with Crippen molar-refractivity contribution in [2.45, 2.75) is 45.6 Å². The van der Waals surface area contributed by atoms with Gasteiger partial charge in [0.2, 0.25) is 5.91 Å². The standard InChI is InChI=1S/C11H20F2N2O.ClH/c1-10(2,3)4-5-14-9(16)8-6-11(12,13)7-15-8;/h8,15H,4-7H2,1-3H3,(H,14,16);1H. The first-order valence-corrected chi connectivity index (χ1v) is 5.59. The van der Waals surface area contributed by atoms with Crippen LogP contribution in [0.1, 0.15) is 33.6 Å². The van der Waals surface area contributed by atoms with E-state index in [2.05, 4.69) is 31.4 Å². The van der Waals surface area contributed by atoms with E-state index in [1.54, 1.807) is 0 Å². The average Bonchev–Trinajstić information content (AvgIpc) is 2.43. The summed E-state index contributed by atoms with van der Waals surface area (Å²) in [4.78, 5) is 11.5. The molecule has 1 atom stereocenters. The van der Waals surface area contributed by atoms with Crippen LogP contribution in [0.3, 0.4) is 0 Å². The molecule has 0 aromatic heterocycles. The fourth-order valence-electron chi connectivity index (χ4n) is 1.58. The highest BCUT2D eigenvalue weighted by Crippen LogP contribution is 2.25. The summed E-state index contributed by atoms with van der Waals surface area (Å²) in [7, 11) is 0. The summed E-state index contributed by atoms with van der Waals surface area (Å²) in [6.45, 7) is 6.35. The first-order valence-electron chi connectivity index (χ1n) is 5.59. The van der Waals surface area contributed by atoms with Crippen molar-refractivity contribution in [2.24, 2.45) is 5.41 Å². The monoisotopic (exact) mass is 270 g/mol. The van der Waals surface area contributed by atoms with Gasteiger partial charge < -0.3 is 5.32 Å². The van der Waals surface area contributed by atoms with Gasteiger partial charge in [-0.3, -0.25) is 10.1 Å². The Labute approximate surface area is 107 Å². The van der Waals surface area contributed by atoms with Crippen LogP contribution in [0.5, 0.6) is 0 Å². The molecule has 2 N–H and O–H groups in total. The normalized spacial score (nSPS) is 23.0. The van der Waals surface area contributed by atoms with Gasteiger partial charge in [0.25, 0.3) is 5.92 Å². The number of carbonyl (C=O) groups is 1. The Kier molecular flexibility index (Phi) is 5.81. The molecule has 1 heterocycles. The lowest BCUT2D eigenvalue weighted by Gasteiger charge is -2.19. The maximum Gasteiger partial charge on any atom is 0.262 e. The van der Waals surface area contributed by atoms with Gasteiger partial charge in [-0.15, -0.1) is 12.4 Å². The highest BCUT2D eigenvalue weighted by molar-refractivity contribution is 5.85. The minimum Gasteiger partial charge on any atom is -0.355 e. The molecule has 1 unspecified atom stereocenters. The van der Waals surface area contributed by atoms with E-state index in [1.807, 2.05) is 0 Å². The van der Waals surface area contributed by atoms with Crippen LogP contribution >= 0.6 is 12.4 Å². The number of rotatable bonds is 3. The van der Waals surface area contributed by atoms with Crippen molar-refractivity contribution in [1.29, 1.82) is 0 Å². The van der Waals surface area contributed by atoms with Gasteiger partial charge in [0, 0.05) is 13.0 Å². The number of halogens is 3. The molecule has 6 heteroatoms. The molecular formula is C11H21ClF2N2O. The Bertz CT molecular complexity index is 267. The minimum absolute atomic E-state index is 0. The zero-order chi connectivity index (χ0) is 12.4. The van der Waals surface area contributed by atoms with Crippen LogP contribution in [0.15, 0.2) is 0 Å². The van der Waals surface area contributed by atoms with E-state index in [1.165, 1.54) is 0 Å². The fraction of sp³-hybridized carbons (Fsp3) is 0.909. The van der Waals surface area contributed by atoms with E-state index in [0.717, 1.165) is 6.42 Å². The quantitative estimate of drug-likeness (QED) is 0.823. The largest absolute Gasteiger partial charge is 0.355 e. The number of carbonyl (C=O) groups excluding carboxylic acids is 1. The third kappa shape index (κ3) is 6.17. The lowest BCUT2D eigenvalue weighted by Crippen LogP contribution is -2.41. The number of hydrogen-bond donors (Lipinski definition) is 2. The lowest BCUT2D eigenvalue weighted by atomic mass is 9.92. The molecule has 1 fully saturated rings. The van der Waals surface area contributed by atoms with Crippen LogP contribution in [-0.4, -0.2) is 31.0 Å². The van der Waals surface area contributed by atoms with E-state index < -0.39 is 24.9 Å². The minimum atomic E-state index is -2.74. The highest BCUT2D eigenvalue weighted by Gasteiger charge is 2.42. The van der Waals surface area contributed by atoms with Gasteiger partial charge in [-0.05, 0) is 11.8 Å². The third-order valence-electron chi connectivity index (χ3n) is 2.60. The molecule has 0 spiro atoms. The fourth-order valence-corrected chi connectivity index (χ4v) is 1.58. The second-order valence-corrected chi connectivity index (χ2v) is 5.60. The number of amides is 1. The lowest BCUT2D eigenvalue weighted by molar-refractivity contribution is -0.123. The molecule has 1 aliphatic heterocycles. The second kappa shape index (κ2) is 5.96. The van der Waals surface area contributed by atoms with Gasteiger partial charge >= 0.3 is 0 Å². The summed E-state index contributed by atoms with van der Waals surface area (Å²) in [6, 6.07) is -0.741. The Morgan fingerprint density at radius 3 is 2.47 bits per heavy atom. The van der Waals surface area contributed by atoms with Crippen molar-refractivity contribution in [3.8, 4) is 0 Å². The predicted octanol–water partition coefficient (Wildman–Crippen LogP) is 1.96. The van der Waals surface area contributed by atoms with E-state index in [4.69, 9.17) is 0 Å². The molecule has 1 rings (SSSR count). The molecule has 0 saturated carbocycles. The van der Waals surface area contributed by atoms with E-state index in [-0.39, 0.29) is 23.7 Å². The van der Waals surface area contributed by atoms with E-state index in [9.17, 15) is 13.6 Å². The van der Waals surface area contributed by atoms with Crippen molar-refractivity contribution >= 4 is 18.3 Å². The summed E-state index contributed by atoms with van der Waals surface area (Å²) >= 11 is 0. The van der Waals surface area contributed by atoms with Crippen molar-refractivity contribution < 1.29 is 13.6 Å². The highest BCUT2D eigenvalue weighted by atomic mass is 35.5. The van der Waals surface area contributed by atoms with Crippen LogP contribution in [-0.2, 0) is 4.79 Å². The number of hydrogen-bond acceptors (Lipinski definition) is 2. The molecule has 0 bridgehead atoms. The zero-order valence-corrected chi connectivity index (χ0v) is 11.3. The first-order chi connectivity index (χ1) is 7.20.